The quantitative estimate of drug-likeness (QED) is 0.422. The maximum absolute atomic E-state index is 11.2. The molecule has 0 aliphatic carbocycles. The van der Waals surface area contributed by atoms with Crippen LogP contribution in [0.5, 0.6) is 0 Å². The summed E-state index contributed by atoms with van der Waals surface area (Å²) in [5, 5.41) is 4.12. The highest BCUT2D eigenvalue weighted by molar-refractivity contribution is 5.87. The summed E-state index contributed by atoms with van der Waals surface area (Å²) in [5.41, 5.74) is 0.880. The van der Waals surface area contributed by atoms with Crippen LogP contribution < -0.4 is 0 Å². The van der Waals surface area contributed by atoms with Crippen molar-refractivity contribution in [3.63, 3.8) is 0 Å². The highest BCUT2D eigenvalue weighted by atomic mass is 16.5. The molecule has 16 heavy (non-hydrogen) atoms. The third kappa shape index (κ3) is 3.88. The predicted octanol–water partition coefficient (Wildman–Crippen LogP) is 2.48. The lowest BCUT2D eigenvalue weighted by atomic mass is 10.1. The Balaban J connectivity index is 2.70. The lowest BCUT2D eigenvalue weighted by Crippen LogP contribution is -2.03. The van der Waals surface area contributed by atoms with Gasteiger partial charge in [-0.25, -0.2) is 9.48 Å². The number of allylic oxidation sites excluding steroid dienone is 1. The molecule has 0 amide bonds. The number of methoxy groups -OCH3 is 1. The molecule has 1 aromatic heterocycles. The van der Waals surface area contributed by atoms with Gasteiger partial charge in [-0.05, 0) is 18.9 Å². The second-order valence-electron chi connectivity index (χ2n) is 3.57. The fourth-order valence-corrected chi connectivity index (χ4v) is 1.44. The first-order chi connectivity index (χ1) is 7.77. The molecule has 0 bridgehead atoms. The number of carbonyl (C=O) groups is 1. The topological polar surface area (TPSA) is 44.1 Å². The van der Waals surface area contributed by atoms with Gasteiger partial charge in [-0.15, -0.1) is 0 Å². The van der Waals surface area contributed by atoms with Crippen LogP contribution in [0.15, 0.2) is 24.5 Å². The summed E-state index contributed by atoms with van der Waals surface area (Å²) in [6, 6.07) is 1.84. The van der Waals surface area contributed by atoms with Crippen molar-refractivity contribution in [3.05, 3.63) is 24.5 Å². The van der Waals surface area contributed by atoms with Gasteiger partial charge in [0, 0.05) is 24.2 Å². The van der Waals surface area contributed by atoms with Gasteiger partial charge in [-0.1, -0.05) is 19.8 Å². The number of hydrogen-bond acceptors (Lipinski definition) is 3. The summed E-state index contributed by atoms with van der Waals surface area (Å²) in [6.07, 6.45) is 9.24. The maximum Gasteiger partial charge on any atom is 0.332 e. The van der Waals surface area contributed by atoms with Gasteiger partial charge in [0.05, 0.1) is 7.11 Å². The van der Waals surface area contributed by atoms with E-state index in [9.17, 15) is 4.79 Å². The van der Waals surface area contributed by atoms with E-state index < -0.39 is 0 Å². The zero-order chi connectivity index (χ0) is 11.8. The number of hydrogen-bond donors (Lipinski definition) is 0. The van der Waals surface area contributed by atoms with Crippen LogP contribution in [0.2, 0.25) is 0 Å². The Kier molecular flexibility index (Phi) is 5.32. The average molecular weight is 222 g/mol. The largest absolute Gasteiger partial charge is 0.466 e. The third-order valence-electron chi connectivity index (χ3n) is 2.32. The molecule has 88 valence electrons. The van der Waals surface area contributed by atoms with Crippen LogP contribution in [0.4, 0.5) is 0 Å². The van der Waals surface area contributed by atoms with E-state index in [4.69, 9.17) is 0 Å². The van der Waals surface area contributed by atoms with Gasteiger partial charge in [-0.2, -0.15) is 5.10 Å². The van der Waals surface area contributed by atoms with Crippen LogP contribution in [-0.4, -0.2) is 22.9 Å². The van der Waals surface area contributed by atoms with E-state index >= 15 is 0 Å². The molecule has 0 atom stereocenters. The number of esters is 1. The van der Waals surface area contributed by atoms with E-state index in [2.05, 4.69) is 16.8 Å². The van der Waals surface area contributed by atoms with Crippen LogP contribution in [-0.2, 0) is 9.53 Å². The highest BCUT2D eigenvalue weighted by Gasteiger charge is 2.04. The minimum Gasteiger partial charge on any atom is -0.466 e. The molecule has 0 unspecified atom stereocenters. The fraction of sp³-hybridized carbons (Fsp3) is 0.500. The van der Waals surface area contributed by atoms with Crippen molar-refractivity contribution in [1.29, 1.82) is 0 Å². The number of carbonyl (C=O) groups excluding carboxylic acids is 1. The van der Waals surface area contributed by atoms with Crippen LogP contribution in [0, 0.1) is 0 Å². The highest BCUT2D eigenvalue weighted by Crippen LogP contribution is 2.13. The zero-order valence-corrected chi connectivity index (χ0v) is 9.85. The molecule has 0 radical (unpaired) electrons. The SMILES string of the molecule is CCCCC/C(=C/C(=O)OC)n1cccn1. The van der Waals surface area contributed by atoms with Gasteiger partial charge in [0.2, 0.25) is 0 Å². The van der Waals surface area contributed by atoms with E-state index in [0.717, 1.165) is 31.4 Å². The standard InChI is InChI=1S/C12H18N2O2/c1-3-4-5-7-11(10-12(15)16-2)14-9-6-8-13-14/h6,8-10H,3-5,7H2,1-2H3/b11-10-. The lowest BCUT2D eigenvalue weighted by Gasteiger charge is -2.06. The smallest absolute Gasteiger partial charge is 0.332 e. The van der Waals surface area contributed by atoms with Gasteiger partial charge >= 0.3 is 5.97 Å². The number of aromatic nitrogens is 2. The normalized spacial score (nSPS) is 11.5. The van der Waals surface area contributed by atoms with Crippen molar-refractivity contribution in [2.75, 3.05) is 7.11 Å². The first kappa shape index (κ1) is 12.5. The first-order valence-electron chi connectivity index (χ1n) is 5.56. The molecule has 4 nitrogen and oxygen atoms in total. The Morgan fingerprint density at radius 2 is 2.31 bits per heavy atom. The zero-order valence-electron chi connectivity index (χ0n) is 9.85. The molecule has 1 rings (SSSR count). The Hall–Kier alpha value is -1.58. The van der Waals surface area contributed by atoms with E-state index in [1.165, 1.54) is 13.2 Å². The minimum absolute atomic E-state index is 0.331. The molecule has 0 N–H and O–H groups in total. The van der Waals surface area contributed by atoms with Crippen molar-refractivity contribution >= 4 is 11.7 Å². The molecule has 4 heteroatoms. The molecule has 0 aromatic carbocycles. The lowest BCUT2D eigenvalue weighted by molar-refractivity contribution is -0.134. The van der Waals surface area contributed by atoms with Crippen LogP contribution in [0.3, 0.4) is 0 Å². The van der Waals surface area contributed by atoms with Crippen molar-refractivity contribution in [3.8, 4) is 0 Å². The summed E-state index contributed by atoms with van der Waals surface area (Å²) in [4.78, 5) is 11.2. The molecule has 0 saturated carbocycles. The van der Waals surface area contributed by atoms with Crippen LogP contribution >= 0.6 is 0 Å². The fourth-order valence-electron chi connectivity index (χ4n) is 1.44. The number of nitrogens with zero attached hydrogens (tertiary/aromatic N) is 2. The van der Waals surface area contributed by atoms with Crippen molar-refractivity contribution < 1.29 is 9.53 Å². The second kappa shape index (κ2) is 6.82. The molecule has 0 saturated heterocycles. The van der Waals surface area contributed by atoms with Crippen molar-refractivity contribution in [2.24, 2.45) is 0 Å². The first-order valence-corrected chi connectivity index (χ1v) is 5.56. The summed E-state index contributed by atoms with van der Waals surface area (Å²) < 4.78 is 6.34. The van der Waals surface area contributed by atoms with Gasteiger partial charge in [0.1, 0.15) is 0 Å². The Morgan fingerprint density at radius 1 is 1.50 bits per heavy atom. The Labute approximate surface area is 95.9 Å². The molecule has 1 aromatic rings. The summed E-state index contributed by atoms with van der Waals surface area (Å²) >= 11 is 0. The monoisotopic (exact) mass is 222 g/mol. The van der Waals surface area contributed by atoms with Gasteiger partial charge < -0.3 is 4.74 Å². The minimum atomic E-state index is -0.331. The molecular formula is C12H18N2O2. The molecule has 0 spiro atoms. The Morgan fingerprint density at radius 3 is 2.88 bits per heavy atom. The molecule has 0 aliphatic heterocycles. The van der Waals surface area contributed by atoms with Crippen LogP contribution in [0.1, 0.15) is 32.6 Å². The summed E-state index contributed by atoms with van der Waals surface area (Å²) in [6.45, 7) is 2.15. The van der Waals surface area contributed by atoms with E-state index in [1.54, 1.807) is 10.9 Å². The summed E-state index contributed by atoms with van der Waals surface area (Å²) in [7, 11) is 1.38. The van der Waals surface area contributed by atoms with Crippen molar-refractivity contribution in [1.82, 2.24) is 9.78 Å². The van der Waals surface area contributed by atoms with E-state index in [0.29, 0.717) is 0 Å². The molecular weight excluding hydrogens is 204 g/mol. The van der Waals surface area contributed by atoms with Crippen LogP contribution in [0.25, 0.3) is 5.70 Å². The van der Waals surface area contributed by atoms with E-state index in [1.807, 2.05) is 12.3 Å². The number of unbranched alkanes of at least 4 members (excludes halogenated alkanes) is 2. The van der Waals surface area contributed by atoms with Crippen molar-refractivity contribution in [2.45, 2.75) is 32.6 Å². The molecule has 0 fully saturated rings. The summed E-state index contributed by atoms with van der Waals surface area (Å²) in [5.74, 6) is -0.331. The number of rotatable bonds is 6. The Bertz CT molecular complexity index is 342. The molecule has 1 heterocycles. The number of ether oxygens (including phenoxy) is 1. The van der Waals surface area contributed by atoms with E-state index in [-0.39, 0.29) is 5.97 Å². The van der Waals surface area contributed by atoms with Gasteiger partial charge in [0.15, 0.2) is 0 Å². The molecule has 0 aliphatic rings. The predicted molar refractivity (Wildman–Crippen MR) is 62.7 cm³/mol. The third-order valence-corrected chi connectivity index (χ3v) is 2.32. The average Bonchev–Trinajstić information content (AvgIpc) is 2.81. The van der Waals surface area contributed by atoms with Gasteiger partial charge in [0.25, 0.3) is 0 Å². The van der Waals surface area contributed by atoms with Gasteiger partial charge in [-0.3, -0.25) is 0 Å². The second-order valence-corrected chi connectivity index (χ2v) is 3.57. The maximum atomic E-state index is 11.2.